The predicted octanol–water partition coefficient (Wildman–Crippen LogP) is 5.18. The summed E-state index contributed by atoms with van der Waals surface area (Å²) in [6.45, 7) is 6.30. The molecule has 8 nitrogen and oxygen atoms in total. The van der Waals surface area contributed by atoms with Gasteiger partial charge in [-0.1, -0.05) is 29.8 Å². The molecule has 0 radical (unpaired) electrons. The minimum absolute atomic E-state index is 0.479. The van der Waals surface area contributed by atoms with Crippen LogP contribution in [0.5, 0.6) is 0 Å². The summed E-state index contributed by atoms with van der Waals surface area (Å²) in [5.41, 5.74) is 4.25. The molecule has 13 heteroatoms. The number of piperazine rings is 1. The van der Waals surface area contributed by atoms with Gasteiger partial charge in [-0.05, 0) is 57.1 Å². The van der Waals surface area contributed by atoms with Crippen molar-refractivity contribution in [1.29, 1.82) is 0 Å². The molecule has 1 aromatic heterocycles. The normalized spacial score (nSPS) is 17.2. The number of sulfonamides is 1. The summed E-state index contributed by atoms with van der Waals surface area (Å²) in [5.74, 6) is 0. The van der Waals surface area contributed by atoms with E-state index in [-0.39, 0.29) is 0 Å². The van der Waals surface area contributed by atoms with E-state index in [0.717, 1.165) is 81.6 Å². The molecular weight excluding hydrogens is 589 g/mol. The standard InChI is InChI=1S/C29H36ClF3N6O2S/c1-36-13-4-8-26-23(20-36)27(21-9-11-22(12-10-21)29(31,32)33)34-39(26)15-5-14-37-16-18-38(19-17-37)28-24(30)6-3-7-25(28)35-42(2,40)41/h3,6-7,9-12,35H,4-5,8,13-20H2,1-2H3. The van der Waals surface area contributed by atoms with E-state index >= 15 is 0 Å². The van der Waals surface area contributed by atoms with Crippen molar-refractivity contribution in [3.05, 3.63) is 64.3 Å². The Hall–Kier alpha value is -2.80. The first-order chi connectivity index (χ1) is 19.9. The van der Waals surface area contributed by atoms with E-state index in [0.29, 0.717) is 41.6 Å². The molecule has 0 atom stereocenters. The van der Waals surface area contributed by atoms with Crippen LogP contribution in [0.1, 0.15) is 29.7 Å². The molecule has 0 bridgehead atoms. The van der Waals surface area contributed by atoms with Gasteiger partial charge in [-0.15, -0.1) is 0 Å². The molecule has 2 aliphatic heterocycles. The van der Waals surface area contributed by atoms with E-state index in [4.69, 9.17) is 16.7 Å². The van der Waals surface area contributed by atoms with Gasteiger partial charge in [-0.2, -0.15) is 18.3 Å². The first-order valence-corrected chi connectivity index (χ1v) is 16.3. The number of alkyl halides is 3. The van der Waals surface area contributed by atoms with Crippen LogP contribution in [0.3, 0.4) is 0 Å². The number of hydrogen-bond acceptors (Lipinski definition) is 6. The molecule has 0 saturated carbocycles. The highest BCUT2D eigenvalue weighted by molar-refractivity contribution is 7.92. The Kier molecular flexibility index (Phi) is 9.08. The fourth-order valence-electron chi connectivity index (χ4n) is 5.84. The smallest absolute Gasteiger partial charge is 0.366 e. The maximum Gasteiger partial charge on any atom is 0.416 e. The molecule has 1 N–H and O–H groups in total. The monoisotopic (exact) mass is 624 g/mol. The van der Waals surface area contributed by atoms with Crippen LogP contribution in [0.25, 0.3) is 11.3 Å². The van der Waals surface area contributed by atoms with E-state index in [1.807, 2.05) is 0 Å². The molecule has 0 amide bonds. The number of nitrogens with one attached hydrogen (secondary N) is 1. The van der Waals surface area contributed by atoms with Crippen molar-refractivity contribution < 1.29 is 21.6 Å². The second kappa shape index (κ2) is 12.4. The number of benzene rings is 2. The van der Waals surface area contributed by atoms with E-state index < -0.39 is 21.8 Å². The Morgan fingerprint density at radius 2 is 1.71 bits per heavy atom. The molecule has 1 fully saturated rings. The number of fused-ring (bicyclic) bond motifs is 1. The quantitative estimate of drug-likeness (QED) is 0.372. The van der Waals surface area contributed by atoms with Crippen molar-refractivity contribution in [2.24, 2.45) is 0 Å². The molecule has 5 rings (SSSR count). The van der Waals surface area contributed by atoms with Crippen LogP contribution < -0.4 is 9.62 Å². The largest absolute Gasteiger partial charge is 0.416 e. The van der Waals surface area contributed by atoms with Gasteiger partial charge in [0.05, 0.1) is 33.9 Å². The highest BCUT2D eigenvalue weighted by atomic mass is 35.5. The number of aromatic nitrogens is 2. The van der Waals surface area contributed by atoms with Crippen LogP contribution in [0.4, 0.5) is 24.5 Å². The lowest BCUT2D eigenvalue weighted by Gasteiger charge is -2.37. The molecule has 0 unspecified atom stereocenters. The zero-order valence-electron chi connectivity index (χ0n) is 23.8. The third kappa shape index (κ3) is 7.21. The minimum atomic E-state index is -4.37. The highest BCUT2D eigenvalue weighted by Crippen LogP contribution is 2.36. The lowest BCUT2D eigenvalue weighted by Crippen LogP contribution is -2.47. The van der Waals surface area contributed by atoms with Crippen molar-refractivity contribution >= 4 is 33.0 Å². The van der Waals surface area contributed by atoms with E-state index in [9.17, 15) is 21.6 Å². The fourth-order valence-corrected chi connectivity index (χ4v) is 6.70. The van der Waals surface area contributed by atoms with Gasteiger partial charge in [-0.3, -0.25) is 14.3 Å². The average Bonchev–Trinajstić information content (AvgIpc) is 3.12. The van der Waals surface area contributed by atoms with Gasteiger partial charge in [0.1, 0.15) is 0 Å². The average molecular weight is 625 g/mol. The summed E-state index contributed by atoms with van der Waals surface area (Å²) in [4.78, 5) is 6.73. The number of rotatable bonds is 8. The molecule has 3 heterocycles. The molecule has 0 spiro atoms. The Balaban J connectivity index is 1.24. The third-order valence-electron chi connectivity index (χ3n) is 7.85. The number of para-hydroxylation sites is 1. The molecule has 3 aromatic rings. The van der Waals surface area contributed by atoms with Crippen molar-refractivity contribution in [1.82, 2.24) is 19.6 Å². The topological polar surface area (TPSA) is 73.7 Å². The lowest BCUT2D eigenvalue weighted by molar-refractivity contribution is -0.137. The number of anilines is 2. The van der Waals surface area contributed by atoms with Crippen LogP contribution in [0, 0.1) is 0 Å². The summed E-state index contributed by atoms with van der Waals surface area (Å²) >= 11 is 6.48. The second-order valence-electron chi connectivity index (χ2n) is 11.1. The lowest BCUT2D eigenvalue weighted by atomic mass is 10.0. The van der Waals surface area contributed by atoms with Crippen molar-refractivity contribution in [3.63, 3.8) is 0 Å². The number of hydrogen-bond donors (Lipinski definition) is 1. The van der Waals surface area contributed by atoms with E-state index in [1.54, 1.807) is 18.2 Å². The van der Waals surface area contributed by atoms with Crippen LogP contribution >= 0.6 is 11.6 Å². The molecule has 228 valence electrons. The maximum absolute atomic E-state index is 13.1. The molecule has 42 heavy (non-hydrogen) atoms. The fraction of sp³-hybridized carbons (Fsp3) is 0.483. The summed E-state index contributed by atoms with van der Waals surface area (Å²) < 4.78 is 67.8. The van der Waals surface area contributed by atoms with Crippen molar-refractivity contribution in [2.45, 2.75) is 38.5 Å². The third-order valence-corrected chi connectivity index (χ3v) is 8.74. The molecule has 1 saturated heterocycles. The molecule has 0 aliphatic carbocycles. The number of nitrogens with zero attached hydrogens (tertiary/aromatic N) is 5. The van der Waals surface area contributed by atoms with Gasteiger partial charge in [0.25, 0.3) is 0 Å². The second-order valence-corrected chi connectivity index (χ2v) is 13.3. The van der Waals surface area contributed by atoms with E-state index in [1.165, 1.54) is 17.8 Å². The number of halogens is 4. The highest BCUT2D eigenvalue weighted by Gasteiger charge is 2.31. The predicted molar refractivity (Wildman–Crippen MR) is 161 cm³/mol. The van der Waals surface area contributed by atoms with Crippen molar-refractivity contribution in [2.75, 3.05) is 62.2 Å². The van der Waals surface area contributed by atoms with Crippen molar-refractivity contribution in [3.8, 4) is 11.3 Å². The van der Waals surface area contributed by atoms with Gasteiger partial charge in [0.2, 0.25) is 10.0 Å². The van der Waals surface area contributed by atoms with Crippen LogP contribution in [0.15, 0.2) is 42.5 Å². The zero-order chi connectivity index (χ0) is 30.1. The SMILES string of the molecule is CN1CCCc2c(c(-c3ccc(C(F)(F)F)cc3)nn2CCCN2CCN(c3c(Cl)cccc3NS(C)(=O)=O)CC2)C1. The molecule has 2 aliphatic rings. The molecular formula is C29H36ClF3N6O2S. The van der Waals surface area contributed by atoms with Crippen LogP contribution in [-0.2, 0) is 35.7 Å². The van der Waals surface area contributed by atoms with E-state index in [2.05, 4.69) is 31.2 Å². The zero-order valence-corrected chi connectivity index (χ0v) is 25.4. The van der Waals surface area contributed by atoms with Gasteiger partial charge in [0, 0.05) is 62.6 Å². The summed E-state index contributed by atoms with van der Waals surface area (Å²) in [6.07, 6.45) is -0.485. The molecule has 2 aromatic carbocycles. The summed E-state index contributed by atoms with van der Waals surface area (Å²) in [6, 6.07) is 10.5. The number of aryl methyl sites for hydroxylation is 1. The van der Waals surface area contributed by atoms with Crippen LogP contribution in [0.2, 0.25) is 5.02 Å². The Morgan fingerprint density at radius 3 is 2.38 bits per heavy atom. The van der Waals surface area contributed by atoms with Crippen LogP contribution in [-0.4, -0.2) is 80.6 Å². The van der Waals surface area contributed by atoms with Gasteiger partial charge in [0.15, 0.2) is 0 Å². The summed E-state index contributed by atoms with van der Waals surface area (Å²) in [5, 5.41) is 5.43. The Morgan fingerprint density at radius 1 is 1.00 bits per heavy atom. The van der Waals surface area contributed by atoms with Gasteiger partial charge in [-0.25, -0.2) is 8.42 Å². The Labute approximate surface area is 250 Å². The minimum Gasteiger partial charge on any atom is -0.366 e. The first kappa shape index (κ1) is 30.7. The summed E-state index contributed by atoms with van der Waals surface area (Å²) in [7, 11) is -1.38. The first-order valence-electron chi connectivity index (χ1n) is 14.1. The van der Waals surface area contributed by atoms with Gasteiger partial charge >= 0.3 is 6.18 Å². The maximum atomic E-state index is 13.1. The van der Waals surface area contributed by atoms with Gasteiger partial charge < -0.3 is 9.80 Å². The Bertz CT molecular complexity index is 1500.